The largest absolute Gasteiger partial charge is 0.483 e. The monoisotopic (exact) mass is 391 g/mol. The third-order valence-corrected chi connectivity index (χ3v) is 5.12. The van der Waals surface area contributed by atoms with Crippen LogP contribution < -0.4 is 10.1 Å². The summed E-state index contributed by atoms with van der Waals surface area (Å²) in [6.07, 6.45) is 0. The Morgan fingerprint density at radius 3 is 2.34 bits per heavy atom. The van der Waals surface area contributed by atoms with E-state index in [1.54, 1.807) is 0 Å². The molecule has 0 saturated carbocycles. The zero-order valence-electron chi connectivity index (χ0n) is 17.9. The zero-order chi connectivity index (χ0) is 21.0. The summed E-state index contributed by atoms with van der Waals surface area (Å²) in [6.45, 7) is 11.2. The molecule has 0 saturated heterocycles. The minimum atomic E-state index is -0.140. The second-order valence-electron chi connectivity index (χ2n) is 7.59. The first-order valence-corrected chi connectivity index (χ1v) is 9.89. The molecule has 0 fully saturated rings. The van der Waals surface area contributed by atoms with Gasteiger partial charge in [0.05, 0.1) is 12.2 Å². The summed E-state index contributed by atoms with van der Waals surface area (Å²) in [4.78, 5) is 12.3. The SMILES string of the molecule is Cc1cc(C)c(OCC(=O)NCc2c(C)nn(Cc3ccccc3)c2C)c(C)c1. The van der Waals surface area contributed by atoms with Crippen LogP contribution in [0.1, 0.15) is 39.2 Å². The number of carbonyl (C=O) groups is 1. The van der Waals surface area contributed by atoms with E-state index in [2.05, 4.69) is 41.6 Å². The van der Waals surface area contributed by atoms with Crippen LogP contribution >= 0.6 is 0 Å². The summed E-state index contributed by atoms with van der Waals surface area (Å²) in [6, 6.07) is 14.4. The highest BCUT2D eigenvalue weighted by atomic mass is 16.5. The van der Waals surface area contributed by atoms with Gasteiger partial charge in [-0.05, 0) is 51.3 Å². The van der Waals surface area contributed by atoms with Crippen molar-refractivity contribution in [3.63, 3.8) is 0 Å². The molecule has 29 heavy (non-hydrogen) atoms. The molecule has 0 aliphatic heterocycles. The van der Waals surface area contributed by atoms with Gasteiger partial charge in [0.2, 0.25) is 0 Å². The molecule has 0 unspecified atom stereocenters. The van der Waals surface area contributed by atoms with Crippen molar-refractivity contribution in [2.24, 2.45) is 0 Å². The van der Waals surface area contributed by atoms with Crippen molar-refractivity contribution < 1.29 is 9.53 Å². The van der Waals surface area contributed by atoms with E-state index >= 15 is 0 Å². The van der Waals surface area contributed by atoms with E-state index < -0.39 is 0 Å². The lowest BCUT2D eigenvalue weighted by Gasteiger charge is -2.13. The van der Waals surface area contributed by atoms with Gasteiger partial charge in [0.25, 0.3) is 5.91 Å². The number of nitrogens with zero attached hydrogens (tertiary/aromatic N) is 2. The Balaban J connectivity index is 1.59. The highest BCUT2D eigenvalue weighted by molar-refractivity contribution is 5.77. The van der Waals surface area contributed by atoms with E-state index in [4.69, 9.17) is 4.74 Å². The molecular formula is C24H29N3O2. The Labute approximate surface area is 172 Å². The quantitative estimate of drug-likeness (QED) is 0.658. The lowest BCUT2D eigenvalue weighted by molar-refractivity contribution is -0.123. The average Bonchev–Trinajstić information content (AvgIpc) is 2.93. The van der Waals surface area contributed by atoms with Crippen LogP contribution in [0.5, 0.6) is 5.75 Å². The number of rotatable bonds is 7. The third-order valence-electron chi connectivity index (χ3n) is 5.12. The molecule has 2 aromatic carbocycles. The van der Waals surface area contributed by atoms with Crippen molar-refractivity contribution in [3.05, 3.63) is 81.7 Å². The molecule has 0 spiro atoms. The minimum absolute atomic E-state index is 0.000981. The number of hydrogen-bond donors (Lipinski definition) is 1. The van der Waals surface area contributed by atoms with E-state index in [1.807, 2.05) is 50.6 Å². The van der Waals surface area contributed by atoms with Gasteiger partial charge in [-0.1, -0.05) is 48.0 Å². The first-order valence-electron chi connectivity index (χ1n) is 9.89. The topological polar surface area (TPSA) is 56.1 Å². The number of aromatic nitrogens is 2. The van der Waals surface area contributed by atoms with Crippen LogP contribution in [0, 0.1) is 34.6 Å². The van der Waals surface area contributed by atoms with E-state index in [9.17, 15) is 4.79 Å². The summed E-state index contributed by atoms with van der Waals surface area (Å²) in [5.41, 5.74) is 7.54. The Morgan fingerprint density at radius 2 is 1.69 bits per heavy atom. The van der Waals surface area contributed by atoms with Gasteiger partial charge < -0.3 is 10.1 Å². The smallest absolute Gasteiger partial charge is 0.258 e. The molecule has 1 amide bonds. The van der Waals surface area contributed by atoms with E-state index in [0.717, 1.165) is 40.4 Å². The van der Waals surface area contributed by atoms with Crippen LogP contribution in [0.4, 0.5) is 0 Å². The Hall–Kier alpha value is -3.08. The molecule has 0 atom stereocenters. The number of nitrogens with one attached hydrogen (secondary N) is 1. The van der Waals surface area contributed by atoms with Crippen molar-refractivity contribution in [2.75, 3.05) is 6.61 Å². The van der Waals surface area contributed by atoms with Gasteiger partial charge in [-0.15, -0.1) is 0 Å². The second kappa shape index (κ2) is 8.95. The highest BCUT2D eigenvalue weighted by Gasteiger charge is 2.14. The molecule has 1 N–H and O–H groups in total. The molecule has 3 rings (SSSR count). The fourth-order valence-electron chi connectivity index (χ4n) is 3.67. The predicted molar refractivity (Wildman–Crippen MR) is 115 cm³/mol. The molecule has 5 nitrogen and oxygen atoms in total. The molecule has 5 heteroatoms. The number of benzene rings is 2. The maximum atomic E-state index is 12.3. The number of aryl methyl sites for hydroxylation is 4. The van der Waals surface area contributed by atoms with Gasteiger partial charge >= 0.3 is 0 Å². The van der Waals surface area contributed by atoms with Gasteiger partial charge in [0, 0.05) is 17.8 Å². The van der Waals surface area contributed by atoms with Crippen LogP contribution in [0.15, 0.2) is 42.5 Å². The fraction of sp³-hybridized carbons (Fsp3) is 0.333. The predicted octanol–water partition coefficient (Wildman–Crippen LogP) is 4.17. The molecule has 1 aromatic heterocycles. The number of ether oxygens (including phenoxy) is 1. The lowest BCUT2D eigenvalue weighted by Crippen LogP contribution is -2.29. The fourth-order valence-corrected chi connectivity index (χ4v) is 3.67. The Bertz CT molecular complexity index is 983. The van der Waals surface area contributed by atoms with Gasteiger partial charge in [0.15, 0.2) is 6.61 Å². The first kappa shape index (κ1) is 20.6. The van der Waals surface area contributed by atoms with Gasteiger partial charge in [-0.2, -0.15) is 5.10 Å². The summed E-state index contributed by atoms with van der Waals surface area (Å²) >= 11 is 0. The number of carbonyl (C=O) groups excluding carboxylic acids is 1. The van der Waals surface area contributed by atoms with Crippen molar-refractivity contribution in [3.8, 4) is 5.75 Å². The van der Waals surface area contributed by atoms with Gasteiger partial charge in [-0.25, -0.2) is 0 Å². The van der Waals surface area contributed by atoms with E-state index in [0.29, 0.717) is 6.54 Å². The summed E-state index contributed by atoms with van der Waals surface area (Å²) in [7, 11) is 0. The van der Waals surface area contributed by atoms with Crippen LogP contribution in [0.2, 0.25) is 0 Å². The number of hydrogen-bond acceptors (Lipinski definition) is 3. The summed E-state index contributed by atoms with van der Waals surface area (Å²) < 4.78 is 7.77. The Kier molecular flexibility index (Phi) is 6.37. The first-order chi connectivity index (χ1) is 13.8. The second-order valence-corrected chi connectivity index (χ2v) is 7.59. The number of amides is 1. The summed E-state index contributed by atoms with van der Waals surface area (Å²) in [5.74, 6) is 0.646. The molecular weight excluding hydrogens is 362 g/mol. The molecule has 0 bridgehead atoms. The highest BCUT2D eigenvalue weighted by Crippen LogP contribution is 2.24. The van der Waals surface area contributed by atoms with Crippen LogP contribution in [0.25, 0.3) is 0 Å². The maximum Gasteiger partial charge on any atom is 0.258 e. The van der Waals surface area contributed by atoms with Gasteiger partial charge in [0.1, 0.15) is 5.75 Å². The van der Waals surface area contributed by atoms with E-state index in [1.165, 1.54) is 11.1 Å². The standard InChI is InChI=1S/C24H29N3O2/c1-16-11-17(2)24(18(3)12-16)29-15-23(28)25-13-22-19(4)26-27(20(22)5)14-21-9-7-6-8-10-21/h6-12H,13-15H2,1-5H3,(H,25,28). The zero-order valence-corrected chi connectivity index (χ0v) is 17.9. The normalized spacial score (nSPS) is 10.8. The van der Waals surface area contributed by atoms with Crippen LogP contribution in [-0.2, 0) is 17.9 Å². The van der Waals surface area contributed by atoms with E-state index in [-0.39, 0.29) is 12.5 Å². The minimum Gasteiger partial charge on any atom is -0.483 e. The van der Waals surface area contributed by atoms with Crippen molar-refractivity contribution in [1.82, 2.24) is 15.1 Å². The van der Waals surface area contributed by atoms with Gasteiger partial charge in [-0.3, -0.25) is 9.48 Å². The van der Waals surface area contributed by atoms with Crippen molar-refractivity contribution in [1.29, 1.82) is 0 Å². The molecule has 0 radical (unpaired) electrons. The maximum absolute atomic E-state index is 12.3. The average molecular weight is 392 g/mol. The van der Waals surface area contributed by atoms with Crippen molar-refractivity contribution in [2.45, 2.75) is 47.7 Å². The van der Waals surface area contributed by atoms with Crippen LogP contribution in [-0.4, -0.2) is 22.3 Å². The Morgan fingerprint density at radius 1 is 1.03 bits per heavy atom. The van der Waals surface area contributed by atoms with Crippen LogP contribution in [0.3, 0.4) is 0 Å². The molecule has 0 aliphatic rings. The molecule has 0 aliphatic carbocycles. The third kappa shape index (κ3) is 5.05. The molecule has 152 valence electrons. The molecule has 3 aromatic rings. The lowest BCUT2D eigenvalue weighted by atomic mass is 10.1. The van der Waals surface area contributed by atoms with Crippen molar-refractivity contribution >= 4 is 5.91 Å². The summed E-state index contributed by atoms with van der Waals surface area (Å²) in [5, 5.41) is 7.60. The molecule has 1 heterocycles.